The van der Waals surface area contributed by atoms with E-state index in [1.54, 1.807) is 36.4 Å². The number of rotatable bonds is 6. The third kappa shape index (κ3) is 4.15. The first-order valence-corrected chi connectivity index (χ1v) is 9.87. The molecular weight excluding hydrogens is 361 g/mol. The molecule has 8 heteroatoms. The van der Waals surface area contributed by atoms with E-state index >= 15 is 0 Å². The second-order valence-corrected chi connectivity index (χ2v) is 8.29. The third-order valence-electron chi connectivity index (χ3n) is 3.41. The lowest BCUT2D eigenvalue weighted by Gasteiger charge is -2.09. The Labute approximate surface area is 149 Å². The first kappa shape index (κ1) is 17.4. The Kier molecular flexibility index (Phi) is 5.00. The van der Waals surface area contributed by atoms with E-state index in [1.165, 1.54) is 29.7 Å². The van der Waals surface area contributed by atoms with Crippen LogP contribution >= 0.6 is 11.3 Å². The van der Waals surface area contributed by atoms with E-state index in [0.717, 1.165) is 11.3 Å². The lowest BCUT2D eigenvalue weighted by Crippen LogP contribution is -2.12. The van der Waals surface area contributed by atoms with Gasteiger partial charge in [-0.2, -0.15) is 0 Å². The number of halogens is 1. The molecule has 0 aliphatic rings. The van der Waals surface area contributed by atoms with Crippen molar-refractivity contribution in [2.45, 2.75) is 17.6 Å². The van der Waals surface area contributed by atoms with Crippen molar-refractivity contribution >= 4 is 38.6 Å². The second kappa shape index (κ2) is 7.20. The Hall–Kier alpha value is -2.45. The van der Waals surface area contributed by atoms with Gasteiger partial charge in [0.05, 0.1) is 17.6 Å². The van der Waals surface area contributed by atoms with Gasteiger partial charge in [0.25, 0.3) is 10.0 Å². The molecule has 25 heavy (non-hydrogen) atoms. The monoisotopic (exact) mass is 377 g/mol. The average Bonchev–Trinajstić information content (AvgIpc) is 3.09. The molecule has 0 saturated heterocycles. The summed E-state index contributed by atoms with van der Waals surface area (Å²) in [4.78, 5) is 5.07. The summed E-state index contributed by atoms with van der Waals surface area (Å²) in [7, 11) is -3.66. The van der Waals surface area contributed by atoms with Crippen molar-refractivity contribution in [1.29, 1.82) is 0 Å². The van der Waals surface area contributed by atoms with E-state index in [-0.39, 0.29) is 15.8 Å². The van der Waals surface area contributed by atoms with E-state index in [2.05, 4.69) is 15.0 Å². The Balaban J connectivity index is 1.73. The van der Waals surface area contributed by atoms with Gasteiger partial charge in [0.1, 0.15) is 15.8 Å². The Morgan fingerprint density at radius 2 is 1.92 bits per heavy atom. The van der Waals surface area contributed by atoms with Crippen LogP contribution in [0.15, 0.2) is 58.9 Å². The minimum absolute atomic E-state index is 0.200. The standard InChI is InChI=1S/C17H16FN3O2S2/c1-2-13-8-10-17(24-13)25(22,23)21-16-9-7-12(11-19-16)20-15-6-4-3-5-14(15)18/h3-11,20H,2H2,1H3,(H,19,21). The van der Waals surface area contributed by atoms with Crippen LogP contribution in [-0.2, 0) is 16.4 Å². The van der Waals surface area contributed by atoms with Gasteiger partial charge in [0.15, 0.2) is 0 Å². The maximum atomic E-state index is 13.6. The molecule has 130 valence electrons. The largest absolute Gasteiger partial charge is 0.352 e. The van der Waals surface area contributed by atoms with Gasteiger partial charge in [-0.15, -0.1) is 11.3 Å². The number of anilines is 3. The molecule has 2 aromatic heterocycles. The average molecular weight is 377 g/mol. The summed E-state index contributed by atoms with van der Waals surface area (Å²) >= 11 is 1.23. The zero-order valence-corrected chi connectivity index (χ0v) is 15.0. The highest BCUT2D eigenvalue weighted by atomic mass is 32.2. The first-order chi connectivity index (χ1) is 12.0. The number of aryl methyl sites for hydroxylation is 1. The molecule has 5 nitrogen and oxygen atoms in total. The minimum atomic E-state index is -3.66. The molecule has 2 heterocycles. The van der Waals surface area contributed by atoms with Crippen molar-refractivity contribution in [3.05, 3.63) is 65.4 Å². The fourth-order valence-electron chi connectivity index (χ4n) is 2.13. The highest BCUT2D eigenvalue weighted by molar-refractivity contribution is 7.94. The lowest BCUT2D eigenvalue weighted by molar-refractivity contribution is 0.603. The van der Waals surface area contributed by atoms with Gasteiger partial charge in [0, 0.05) is 4.88 Å². The smallest absolute Gasteiger partial charge is 0.272 e. The Morgan fingerprint density at radius 3 is 2.56 bits per heavy atom. The van der Waals surface area contributed by atoms with E-state index in [0.29, 0.717) is 11.4 Å². The lowest BCUT2D eigenvalue weighted by atomic mass is 10.3. The maximum Gasteiger partial charge on any atom is 0.272 e. The van der Waals surface area contributed by atoms with Gasteiger partial charge >= 0.3 is 0 Å². The molecule has 0 bridgehead atoms. The topological polar surface area (TPSA) is 71.1 Å². The SMILES string of the molecule is CCc1ccc(S(=O)(=O)Nc2ccc(Nc3ccccc3F)cn2)s1. The van der Waals surface area contributed by atoms with Crippen molar-refractivity contribution < 1.29 is 12.8 Å². The number of hydrogen-bond donors (Lipinski definition) is 2. The molecule has 0 radical (unpaired) electrons. The number of para-hydroxylation sites is 1. The van der Waals surface area contributed by atoms with Gasteiger partial charge in [-0.1, -0.05) is 19.1 Å². The van der Waals surface area contributed by atoms with Crippen LogP contribution in [0.1, 0.15) is 11.8 Å². The molecule has 0 saturated carbocycles. The summed E-state index contributed by atoms with van der Waals surface area (Å²) in [6, 6.07) is 12.8. The molecular formula is C17H16FN3O2S2. The van der Waals surface area contributed by atoms with Crippen molar-refractivity contribution in [3.63, 3.8) is 0 Å². The van der Waals surface area contributed by atoms with E-state index < -0.39 is 10.0 Å². The number of sulfonamides is 1. The van der Waals surface area contributed by atoms with E-state index in [9.17, 15) is 12.8 Å². The van der Waals surface area contributed by atoms with E-state index in [4.69, 9.17) is 0 Å². The number of benzene rings is 1. The molecule has 0 atom stereocenters. The van der Waals surface area contributed by atoms with Crippen LogP contribution in [0.4, 0.5) is 21.6 Å². The van der Waals surface area contributed by atoms with Gasteiger partial charge < -0.3 is 5.32 Å². The molecule has 3 aromatic rings. The van der Waals surface area contributed by atoms with Crippen molar-refractivity contribution in [1.82, 2.24) is 4.98 Å². The molecule has 0 aliphatic heterocycles. The summed E-state index contributed by atoms with van der Waals surface area (Å²) in [6.07, 6.45) is 2.23. The number of aromatic nitrogens is 1. The first-order valence-electron chi connectivity index (χ1n) is 7.57. The highest BCUT2D eigenvalue weighted by Crippen LogP contribution is 2.25. The molecule has 0 amide bonds. The van der Waals surface area contributed by atoms with Crippen molar-refractivity contribution in [3.8, 4) is 0 Å². The normalized spacial score (nSPS) is 11.3. The van der Waals surface area contributed by atoms with Crippen molar-refractivity contribution in [2.24, 2.45) is 0 Å². The zero-order chi connectivity index (χ0) is 17.9. The number of hydrogen-bond acceptors (Lipinski definition) is 5. The Bertz CT molecular complexity index is 970. The fraction of sp³-hybridized carbons (Fsp3) is 0.118. The van der Waals surface area contributed by atoms with E-state index in [1.807, 2.05) is 6.92 Å². The Morgan fingerprint density at radius 1 is 1.12 bits per heavy atom. The van der Waals surface area contributed by atoms with Gasteiger partial charge in [0.2, 0.25) is 0 Å². The van der Waals surface area contributed by atoms with Gasteiger partial charge in [-0.3, -0.25) is 4.72 Å². The molecule has 3 rings (SSSR count). The van der Waals surface area contributed by atoms with Crippen LogP contribution in [0.25, 0.3) is 0 Å². The number of nitrogens with zero attached hydrogens (tertiary/aromatic N) is 1. The van der Waals surface area contributed by atoms with Gasteiger partial charge in [-0.25, -0.2) is 17.8 Å². The maximum absolute atomic E-state index is 13.6. The van der Waals surface area contributed by atoms with Crippen LogP contribution in [0.5, 0.6) is 0 Å². The number of pyridine rings is 1. The molecule has 0 unspecified atom stereocenters. The van der Waals surface area contributed by atoms with Crippen LogP contribution in [-0.4, -0.2) is 13.4 Å². The molecule has 0 fully saturated rings. The summed E-state index contributed by atoms with van der Waals surface area (Å²) in [5, 5.41) is 2.89. The summed E-state index contributed by atoms with van der Waals surface area (Å²) in [5.74, 6) is -0.178. The highest BCUT2D eigenvalue weighted by Gasteiger charge is 2.17. The van der Waals surface area contributed by atoms with Crippen molar-refractivity contribution in [2.75, 3.05) is 10.0 Å². The predicted octanol–water partition coefficient (Wildman–Crippen LogP) is 4.39. The van der Waals surface area contributed by atoms with Crippen LogP contribution in [0.2, 0.25) is 0 Å². The summed E-state index contributed by atoms with van der Waals surface area (Å²) in [5.41, 5.74) is 0.876. The van der Waals surface area contributed by atoms with Crippen LogP contribution < -0.4 is 10.0 Å². The minimum Gasteiger partial charge on any atom is -0.352 e. The number of nitrogens with one attached hydrogen (secondary N) is 2. The molecule has 1 aromatic carbocycles. The molecule has 2 N–H and O–H groups in total. The quantitative estimate of drug-likeness (QED) is 0.668. The van der Waals surface area contributed by atoms with Crippen LogP contribution in [0.3, 0.4) is 0 Å². The third-order valence-corrected chi connectivity index (χ3v) is 6.48. The number of thiophene rings is 1. The molecule has 0 aliphatic carbocycles. The summed E-state index contributed by atoms with van der Waals surface area (Å²) < 4.78 is 41.0. The second-order valence-electron chi connectivity index (χ2n) is 5.22. The fourth-order valence-corrected chi connectivity index (χ4v) is 4.43. The zero-order valence-electron chi connectivity index (χ0n) is 13.4. The molecule has 0 spiro atoms. The van der Waals surface area contributed by atoms with Crippen LogP contribution in [0, 0.1) is 5.82 Å². The summed E-state index contributed by atoms with van der Waals surface area (Å²) in [6.45, 7) is 1.97. The predicted molar refractivity (Wildman–Crippen MR) is 98.4 cm³/mol. The van der Waals surface area contributed by atoms with Gasteiger partial charge in [-0.05, 0) is 42.8 Å².